The highest BCUT2D eigenvalue weighted by atomic mass is 16.5. The van der Waals surface area contributed by atoms with Gasteiger partial charge in [-0.1, -0.05) is 0 Å². The lowest BCUT2D eigenvalue weighted by Gasteiger charge is -2.14. The van der Waals surface area contributed by atoms with Gasteiger partial charge in [-0.15, -0.1) is 0 Å². The number of carbonyl (C=O) groups is 1. The van der Waals surface area contributed by atoms with Crippen LogP contribution in [-0.2, 0) is 9.53 Å². The zero-order valence-corrected chi connectivity index (χ0v) is 5.68. The fourth-order valence-electron chi connectivity index (χ4n) is 0.849. The molecule has 0 spiro atoms. The Morgan fingerprint density at radius 3 is 2.67 bits per heavy atom. The zero-order valence-electron chi connectivity index (χ0n) is 5.68. The average Bonchev–Trinajstić information content (AvgIpc) is 2.10. The third-order valence-corrected chi connectivity index (χ3v) is 1.30. The van der Waals surface area contributed by atoms with Gasteiger partial charge in [0.15, 0.2) is 12.5 Å². The van der Waals surface area contributed by atoms with Crippen LogP contribution in [0.1, 0.15) is 13.8 Å². The molecule has 0 aromatic heterocycles. The summed E-state index contributed by atoms with van der Waals surface area (Å²) in [7, 11) is 0. The smallest absolute Gasteiger partial charge is 0.165 e. The molecular weight excluding hydrogens is 118 g/mol. The van der Waals surface area contributed by atoms with E-state index >= 15 is 0 Å². The molecule has 1 rings (SSSR count). The van der Waals surface area contributed by atoms with Crippen LogP contribution in [0.4, 0.5) is 0 Å². The molecule has 1 N–H and O–H groups in total. The molecule has 1 aliphatic rings. The largest absolute Gasteiger partial charge is 0.349 e. The number of ether oxygens (including phenoxy) is 1. The Morgan fingerprint density at radius 1 is 1.78 bits per heavy atom. The summed E-state index contributed by atoms with van der Waals surface area (Å²) in [5.41, 5.74) is -0.175. The molecule has 0 aromatic carbocycles. The summed E-state index contributed by atoms with van der Waals surface area (Å²) in [6.07, 6.45) is 0.384. The molecule has 0 aromatic rings. The van der Waals surface area contributed by atoms with Crippen molar-refractivity contribution < 1.29 is 9.53 Å². The molecule has 0 saturated carbocycles. The minimum atomic E-state index is -0.389. The molecule has 1 aliphatic heterocycles. The number of hydrogen-bond donors (Lipinski definition) is 1. The Morgan fingerprint density at radius 2 is 2.44 bits per heavy atom. The number of aldehydes is 1. The first kappa shape index (κ1) is 6.71. The van der Waals surface area contributed by atoms with Crippen molar-refractivity contribution in [3.05, 3.63) is 0 Å². The van der Waals surface area contributed by atoms with Crippen LogP contribution in [0.5, 0.6) is 0 Å². The van der Waals surface area contributed by atoms with Crippen LogP contribution >= 0.6 is 0 Å². The van der Waals surface area contributed by atoms with Crippen LogP contribution in [0.3, 0.4) is 0 Å². The number of rotatable bonds is 1. The zero-order chi connectivity index (χ0) is 6.91. The van der Waals surface area contributed by atoms with E-state index in [0.29, 0.717) is 0 Å². The molecule has 0 aliphatic carbocycles. The fourth-order valence-corrected chi connectivity index (χ4v) is 0.849. The second-order valence-corrected chi connectivity index (χ2v) is 2.82. The highest BCUT2D eigenvalue weighted by Crippen LogP contribution is 2.14. The van der Waals surface area contributed by atoms with Crippen molar-refractivity contribution in [3.8, 4) is 0 Å². The molecule has 0 amide bonds. The normalized spacial score (nSPS) is 32.4. The average molecular weight is 129 g/mol. The van der Waals surface area contributed by atoms with E-state index in [1.54, 1.807) is 0 Å². The lowest BCUT2D eigenvalue weighted by atomic mass is 10.1. The van der Waals surface area contributed by atoms with E-state index in [9.17, 15) is 4.79 Å². The van der Waals surface area contributed by atoms with Crippen molar-refractivity contribution in [2.75, 3.05) is 6.54 Å². The predicted octanol–water partition coefficient (Wildman–Crippen LogP) is -0.0902. The second-order valence-electron chi connectivity index (χ2n) is 2.82. The quantitative estimate of drug-likeness (QED) is 0.503. The number of hydrogen-bond acceptors (Lipinski definition) is 3. The van der Waals surface area contributed by atoms with Gasteiger partial charge in [-0.2, -0.15) is 0 Å². The van der Waals surface area contributed by atoms with Crippen LogP contribution in [0.25, 0.3) is 0 Å². The summed E-state index contributed by atoms with van der Waals surface area (Å²) in [5, 5.41) is 2.91. The van der Waals surface area contributed by atoms with Gasteiger partial charge in [-0.3, -0.25) is 10.1 Å². The second kappa shape index (κ2) is 2.08. The van der Waals surface area contributed by atoms with E-state index in [-0.39, 0.29) is 11.8 Å². The van der Waals surface area contributed by atoms with Crippen molar-refractivity contribution >= 4 is 6.29 Å². The Bertz CT molecular complexity index is 122. The van der Waals surface area contributed by atoms with E-state index in [0.717, 1.165) is 12.8 Å². The van der Waals surface area contributed by atoms with Crippen molar-refractivity contribution in [1.29, 1.82) is 0 Å². The highest BCUT2D eigenvalue weighted by molar-refractivity contribution is 5.55. The van der Waals surface area contributed by atoms with E-state index in [2.05, 4.69) is 5.32 Å². The van der Waals surface area contributed by atoms with Crippen LogP contribution in [0, 0.1) is 0 Å². The maximum atomic E-state index is 10.1. The summed E-state index contributed by atoms with van der Waals surface area (Å²) < 4.78 is 5.22. The van der Waals surface area contributed by atoms with Gasteiger partial charge >= 0.3 is 0 Å². The molecular formula is C6H11NO2. The lowest BCUT2D eigenvalue weighted by Crippen LogP contribution is -2.24. The van der Waals surface area contributed by atoms with Crippen LogP contribution in [0.2, 0.25) is 0 Å². The Labute approximate surface area is 54.4 Å². The topological polar surface area (TPSA) is 38.3 Å². The minimum Gasteiger partial charge on any atom is -0.349 e. The molecule has 0 bridgehead atoms. The van der Waals surface area contributed by atoms with Crippen molar-refractivity contribution in [1.82, 2.24) is 5.32 Å². The van der Waals surface area contributed by atoms with Gasteiger partial charge in [0.05, 0.1) is 5.60 Å². The van der Waals surface area contributed by atoms with Crippen molar-refractivity contribution in [2.45, 2.75) is 25.7 Å². The SMILES string of the molecule is CC1(C)CNC(C=O)O1. The fraction of sp³-hybridized carbons (Fsp3) is 0.833. The molecule has 3 nitrogen and oxygen atoms in total. The standard InChI is InChI=1S/C6H11NO2/c1-6(2)4-7-5(3-8)9-6/h3,5,7H,4H2,1-2H3. The van der Waals surface area contributed by atoms with Crippen LogP contribution in [0.15, 0.2) is 0 Å². The first-order valence-corrected chi connectivity index (χ1v) is 3.00. The summed E-state index contributed by atoms with van der Waals surface area (Å²) >= 11 is 0. The predicted molar refractivity (Wildman–Crippen MR) is 33.0 cm³/mol. The summed E-state index contributed by atoms with van der Waals surface area (Å²) in [6, 6.07) is 0. The highest BCUT2D eigenvalue weighted by Gasteiger charge is 2.30. The van der Waals surface area contributed by atoms with Crippen LogP contribution in [-0.4, -0.2) is 24.7 Å². The van der Waals surface area contributed by atoms with Gasteiger partial charge in [0.25, 0.3) is 0 Å². The molecule has 1 heterocycles. The van der Waals surface area contributed by atoms with E-state index in [1.165, 1.54) is 0 Å². The Kier molecular flexibility index (Phi) is 1.55. The van der Waals surface area contributed by atoms with Gasteiger partial charge < -0.3 is 4.74 Å². The van der Waals surface area contributed by atoms with E-state index < -0.39 is 0 Å². The van der Waals surface area contributed by atoms with Crippen molar-refractivity contribution in [2.24, 2.45) is 0 Å². The summed E-state index contributed by atoms with van der Waals surface area (Å²) in [4.78, 5) is 10.1. The Balaban J connectivity index is 2.47. The molecule has 3 heteroatoms. The maximum Gasteiger partial charge on any atom is 0.165 e. The van der Waals surface area contributed by atoms with Crippen molar-refractivity contribution in [3.63, 3.8) is 0 Å². The summed E-state index contributed by atoms with van der Waals surface area (Å²) in [6.45, 7) is 4.64. The third kappa shape index (κ3) is 1.50. The van der Waals surface area contributed by atoms with Crippen LogP contribution < -0.4 is 5.32 Å². The third-order valence-electron chi connectivity index (χ3n) is 1.30. The van der Waals surface area contributed by atoms with Gasteiger partial charge in [0, 0.05) is 6.54 Å². The molecule has 1 unspecified atom stereocenters. The first-order valence-electron chi connectivity index (χ1n) is 3.00. The minimum absolute atomic E-state index is 0.175. The monoisotopic (exact) mass is 129 g/mol. The van der Waals surface area contributed by atoms with Gasteiger partial charge in [0.2, 0.25) is 0 Å². The molecule has 1 atom stereocenters. The van der Waals surface area contributed by atoms with E-state index in [1.807, 2.05) is 13.8 Å². The Hall–Kier alpha value is -0.410. The summed E-state index contributed by atoms with van der Waals surface area (Å²) in [5.74, 6) is 0. The van der Waals surface area contributed by atoms with Gasteiger partial charge in [-0.05, 0) is 13.8 Å². The van der Waals surface area contributed by atoms with E-state index in [4.69, 9.17) is 4.74 Å². The first-order chi connectivity index (χ1) is 4.14. The van der Waals surface area contributed by atoms with Gasteiger partial charge in [-0.25, -0.2) is 0 Å². The molecule has 9 heavy (non-hydrogen) atoms. The molecule has 1 fully saturated rings. The van der Waals surface area contributed by atoms with Gasteiger partial charge in [0.1, 0.15) is 0 Å². The number of nitrogens with one attached hydrogen (secondary N) is 1. The molecule has 1 saturated heterocycles. The molecule has 52 valence electrons. The maximum absolute atomic E-state index is 10.1. The number of carbonyl (C=O) groups excluding carboxylic acids is 1. The lowest BCUT2D eigenvalue weighted by molar-refractivity contribution is -0.121. The molecule has 0 radical (unpaired) electrons.